The summed E-state index contributed by atoms with van der Waals surface area (Å²) < 4.78 is 0. The van der Waals surface area contributed by atoms with Crippen molar-refractivity contribution in [2.24, 2.45) is 0 Å². The van der Waals surface area contributed by atoms with Gasteiger partial charge in [-0.05, 0) is 28.9 Å². The number of allylic oxidation sites excluding steroid dienone is 5. The Morgan fingerprint density at radius 1 is 1.07 bits per heavy atom. The first-order chi connectivity index (χ1) is 6.84. The van der Waals surface area contributed by atoms with Crippen LogP contribution in [0.2, 0.25) is 0 Å². The highest BCUT2D eigenvalue weighted by Crippen LogP contribution is 2.40. The van der Waals surface area contributed by atoms with Crippen LogP contribution in [0.4, 0.5) is 0 Å². The minimum Gasteiger partial charge on any atom is -0.0843 e. The predicted octanol–water partition coefficient (Wildman–Crippen LogP) is 3.86. The van der Waals surface area contributed by atoms with Gasteiger partial charge in [-0.25, -0.2) is 0 Å². The van der Waals surface area contributed by atoms with Gasteiger partial charge in [0.15, 0.2) is 0 Å². The second-order valence-corrected chi connectivity index (χ2v) is 4.08. The minimum atomic E-state index is 0.425. The van der Waals surface area contributed by atoms with Gasteiger partial charge in [0.1, 0.15) is 0 Å². The third-order valence-corrected chi connectivity index (χ3v) is 3.00. The van der Waals surface area contributed by atoms with Gasteiger partial charge < -0.3 is 0 Å². The highest BCUT2D eigenvalue weighted by molar-refractivity contribution is 6.31. The molecule has 68 valence electrons. The Kier molecular flexibility index (Phi) is 1.65. The fourth-order valence-electron chi connectivity index (χ4n) is 2.12. The van der Waals surface area contributed by atoms with Crippen LogP contribution in [-0.2, 0) is 0 Å². The molecule has 1 heteroatoms. The monoisotopic (exact) mass is 200 g/mol. The number of benzene rings is 1. The van der Waals surface area contributed by atoms with Crippen molar-refractivity contribution in [1.82, 2.24) is 0 Å². The fraction of sp³-hybridized carbons (Fsp3) is 0.0769. The topological polar surface area (TPSA) is 0 Å². The van der Waals surface area contributed by atoms with Crippen molar-refractivity contribution in [3.05, 3.63) is 64.2 Å². The molecule has 0 bridgehead atoms. The van der Waals surface area contributed by atoms with Gasteiger partial charge in [-0.15, -0.1) is 0 Å². The first kappa shape index (κ1) is 8.07. The molecule has 0 spiro atoms. The van der Waals surface area contributed by atoms with E-state index in [1.165, 1.54) is 16.7 Å². The molecule has 0 aromatic heterocycles. The zero-order chi connectivity index (χ0) is 9.54. The Labute approximate surface area is 88.2 Å². The van der Waals surface area contributed by atoms with Crippen molar-refractivity contribution in [1.29, 1.82) is 0 Å². The second-order valence-electron chi connectivity index (χ2n) is 3.64. The lowest BCUT2D eigenvalue weighted by atomic mass is 9.92. The largest absolute Gasteiger partial charge is 0.0843 e. The molecule has 1 aromatic carbocycles. The van der Waals surface area contributed by atoms with E-state index in [-0.39, 0.29) is 0 Å². The van der Waals surface area contributed by atoms with Crippen LogP contribution in [0.5, 0.6) is 0 Å². The fourth-order valence-corrected chi connectivity index (χ4v) is 2.31. The molecule has 2 aliphatic carbocycles. The molecular formula is C13H9Cl. The number of halogens is 1. The molecular weight excluding hydrogens is 192 g/mol. The van der Waals surface area contributed by atoms with Gasteiger partial charge in [0.25, 0.3) is 0 Å². The maximum atomic E-state index is 5.96. The molecule has 0 aliphatic heterocycles. The predicted molar refractivity (Wildman–Crippen MR) is 60.2 cm³/mol. The summed E-state index contributed by atoms with van der Waals surface area (Å²) in [4.78, 5) is 0. The van der Waals surface area contributed by atoms with E-state index >= 15 is 0 Å². The summed E-state index contributed by atoms with van der Waals surface area (Å²) in [5, 5.41) is 0.820. The molecule has 0 saturated carbocycles. The first-order valence-electron chi connectivity index (χ1n) is 4.70. The zero-order valence-electron chi connectivity index (χ0n) is 7.57. The molecule has 0 heterocycles. The van der Waals surface area contributed by atoms with Gasteiger partial charge in [-0.3, -0.25) is 0 Å². The molecule has 0 amide bonds. The number of fused-ring (bicyclic) bond motifs is 3. The summed E-state index contributed by atoms with van der Waals surface area (Å²) >= 11 is 5.96. The maximum Gasteiger partial charge on any atom is 0.0406 e. The third kappa shape index (κ3) is 1.08. The van der Waals surface area contributed by atoms with E-state index < -0.39 is 0 Å². The minimum absolute atomic E-state index is 0.425. The van der Waals surface area contributed by atoms with Gasteiger partial charge in [0.05, 0.1) is 0 Å². The van der Waals surface area contributed by atoms with Crippen LogP contribution in [0, 0.1) is 0 Å². The lowest BCUT2D eigenvalue weighted by molar-refractivity contribution is 1.05. The van der Waals surface area contributed by atoms with E-state index in [0.29, 0.717) is 5.92 Å². The van der Waals surface area contributed by atoms with Gasteiger partial charge >= 0.3 is 0 Å². The Morgan fingerprint density at radius 3 is 2.86 bits per heavy atom. The Balaban J connectivity index is 2.17. The van der Waals surface area contributed by atoms with E-state index in [0.717, 1.165) is 5.03 Å². The van der Waals surface area contributed by atoms with E-state index in [9.17, 15) is 0 Å². The van der Waals surface area contributed by atoms with Gasteiger partial charge in [-0.1, -0.05) is 48.0 Å². The quantitative estimate of drug-likeness (QED) is 0.597. The number of hydrogen-bond donors (Lipinski definition) is 0. The lowest BCUT2D eigenvalue weighted by Crippen LogP contribution is -1.96. The van der Waals surface area contributed by atoms with Crippen LogP contribution >= 0.6 is 11.6 Å². The van der Waals surface area contributed by atoms with Crippen molar-refractivity contribution in [2.75, 3.05) is 0 Å². The van der Waals surface area contributed by atoms with Crippen LogP contribution in [0.25, 0.3) is 6.08 Å². The highest BCUT2D eigenvalue weighted by atomic mass is 35.5. The standard InChI is InChI=1S/C13H9Cl/c14-11-5-6-13-10(8-11)7-9-3-1-2-4-12(9)13/h1-8,13H. The highest BCUT2D eigenvalue weighted by Gasteiger charge is 2.23. The maximum absolute atomic E-state index is 5.96. The van der Waals surface area contributed by atoms with Gasteiger partial charge in [0.2, 0.25) is 0 Å². The normalized spacial score (nSPS) is 22.5. The Hall–Kier alpha value is -1.27. The molecule has 0 nitrogen and oxygen atoms in total. The van der Waals surface area contributed by atoms with Crippen LogP contribution in [0.1, 0.15) is 17.0 Å². The average Bonchev–Trinajstić information content (AvgIpc) is 2.54. The molecule has 0 saturated heterocycles. The lowest BCUT2D eigenvalue weighted by Gasteiger charge is -2.13. The molecule has 2 aliphatic rings. The summed E-state index contributed by atoms with van der Waals surface area (Å²) in [6, 6.07) is 8.49. The van der Waals surface area contributed by atoms with Crippen molar-refractivity contribution in [3.63, 3.8) is 0 Å². The van der Waals surface area contributed by atoms with Crippen LogP contribution < -0.4 is 0 Å². The molecule has 14 heavy (non-hydrogen) atoms. The Bertz CT molecular complexity index is 478. The molecule has 3 rings (SSSR count). The molecule has 0 radical (unpaired) electrons. The smallest absolute Gasteiger partial charge is 0.0406 e. The second kappa shape index (κ2) is 2.86. The average molecular weight is 201 g/mol. The molecule has 1 aromatic rings. The summed E-state index contributed by atoms with van der Waals surface area (Å²) in [5.41, 5.74) is 4.01. The van der Waals surface area contributed by atoms with E-state index in [1.54, 1.807) is 0 Å². The van der Waals surface area contributed by atoms with Gasteiger partial charge in [-0.2, -0.15) is 0 Å². The molecule has 1 atom stereocenters. The molecule has 0 fully saturated rings. The molecule has 1 unspecified atom stereocenters. The SMILES string of the molecule is ClC1=CC2=Cc3ccccc3C2C=C1. The summed E-state index contributed by atoms with van der Waals surface area (Å²) in [6.45, 7) is 0. The summed E-state index contributed by atoms with van der Waals surface area (Å²) in [5.74, 6) is 0.425. The van der Waals surface area contributed by atoms with E-state index in [2.05, 4.69) is 36.4 Å². The van der Waals surface area contributed by atoms with Crippen molar-refractivity contribution in [3.8, 4) is 0 Å². The van der Waals surface area contributed by atoms with Crippen LogP contribution in [0.15, 0.2) is 53.1 Å². The third-order valence-electron chi connectivity index (χ3n) is 2.76. The van der Waals surface area contributed by atoms with Crippen LogP contribution in [0.3, 0.4) is 0 Å². The van der Waals surface area contributed by atoms with Crippen molar-refractivity contribution in [2.45, 2.75) is 5.92 Å². The molecule has 0 N–H and O–H groups in total. The van der Waals surface area contributed by atoms with Crippen LogP contribution in [-0.4, -0.2) is 0 Å². The van der Waals surface area contributed by atoms with E-state index in [4.69, 9.17) is 11.6 Å². The number of rotatable bonds is 0. The zero-order valence-corrected chi connectivity index (χ0v) is 8.33. The van der Waals surface area contributed by atoms with E-state index in [1.807, 2.05) is 12.2 Å². The summed E-state index contributed by atoms with van der Waals surface area (Å²) in [7, 11) is 0. The summed E-state index contributed by atoms with van der Waals surface area (Å²) in [6.07, 6.45) is 8.41. The number of hydrogen-bond acceptors (Lipinski definition) is 0. The first-order valence-corrected chi connectivity index (χ1v) is 5.08. The Morgan fingerprint density at radius 2 is 1.93 bits per heavy atom. The van der Waals surface area contributed by atoms with Crippen molar-refractivity contribution >= 4 is 17.7 Å². The van der Waals surface area contributed by atoms with Gasteiger partial charge in [0, 0.05) is 11.0 Å². The van der Waals surface area contributed by atoms with Crippen molar-refractivity contribution < 1.29 is 0 Å².